The van der Waals surface area contributed by atoms with Crippen molar-refractivity contribution in [3.05, 3.63) is 0 Å². The summed E-state index contributed by atoms with van der Waals surface area (Å²) in [4.78, 5) is 0. The van der Waals surface area contributed by atoms with Gasteiger partial charge in [0, 0.05) is 19.1 Å². The number of sulfonamides is 1. The van der Waals surface area contributed by atoms with Crippen molar-refractivity contribution in [1.82, 2.24) is 4.31 Å². The van der Waals surface area contributed by atoms with Gasteiger partial charge in [0.15, 0.2) is 0 Å². The fraction of sp³-hybridized carbons (Fsp3) is 1.00. The quantitative estimate of drug-likeness (QED) is 0.771. The summed E-state index contributed by atoms with van der Waals surface area (Å²) in [6, 6.07) is 0.296. The molecular weight excluding hydrogens is 224 g/mol. The van der Waals surface area contributed by atoms with Crippen LogP contribution in [0.1, 0.15) is 32.1 Å². The lowest BCUT2D eigenvalue weighted by Gasteiger charge is -2.28. The number of rotatable bonds is 2. The van der Waals surface area contributed by atoms with Crippen LogP contribution >= 0.6 is 0 Å². The Morgan fingerprint density at radius 3 is 2.38 bits per heavy atom. The van der Waals surface area contributed by atoms with Crippen LogP contribution in [-0.4, -0.2) is 37.1 Å². The van der Waals surface area contributed by atoms with Crippen LogP contribution in [0.3, 0.4) is 0 Å². The monoisotopic (exact) mass is 244 g/mol. The Balaban J connectivity index is 1.72. The number of hydrogen-bond acceptors (Lipinski definition) is 3. The molecule has 3 rings (SSSR count). The average molecular weight is 244 g/mol. The van der Waals surface area contributed by atoms with E-state index in [2.05, 4.69) is 0 Å². The van der Waals surface area contributed by atoms with Gasteiger partial charge in [-0.1, -0.05) is 0 Å². The van der Waals surface area contributed by atoms with Crippen LogP contribution in [0.15, 0.2) is 0 Å². The first-order valence-electron chi connectivity index (χ1n) is 6.32. The van der Waals surface area contributed by atoms with Crippen LogP contribution in [0, 0.1) is 11.8 Å². The molecular formula is C11H20N2O2S. The first-order chi connectivity index (χ1) is 7.57. The van der Waals surface area contributed by atoms with Gasteiger partial charge in [0.25, 0.3) is 0 Å². The van der Waals surface area contributed by atoms with Gasteiger partial charge in [-0.25, -0.2) is 12.7 Å². The van der Waals surface area contributed by atoms with Crippen LogP contribution in [0.25, 0.3) is 0 Å². The van der Waals surface area contributed by atoms with Crippen LogP contribution < -0.4 is 5.73 Å². The second-order valence-corrected chi connectivity index (χ2v) is 7.87. The fourth-order valence-electron chi connectivity index (χ4n) is 3.21. The molecule has 2 aliphatic carbocycles. The van der Waals surface area contributed by atoms with Crippen molar-refractivity contribution in [3.63, 3.8) is 0 Å². The highest BCUT2D eigenvalue weighted by molar-refractivity contribution is 7.90. The summed E-state index contributed by atoms with van der Waals surface area (Å²) in [5, 5.41) is -0.0543. The lowest BCUT2D eigenvalue weighted by molar-refractivity contribution is 0.271. The summed E-state index contributed by atoms with van der Waals surface area (Å²) in [6.07, 6.45) is 4.93. The third kappa shape index (κ3) is 1.79. The van der Waals surface area contributed by atoms with Crippen molar-refractivity contribution in [2.45, 2.75) is 43.4 Å². The lowest BCUT2D eigenvalue weighted by atomic mass is 9.79. The van der Waals surface area contributed by atoms with Gasteiger partial charge in [-0.2, -0.15) is 0 Å². The topological polar surface area (TPSA) is 63.4 Å². The molecule has 3 fully saturated rings. The molecule has 0 spiro atoms. The first kappa shape index (κ1) is 11.0. The van der Waals surface area contributed by atoms with Gasteiger partial charge >= 0.3 is 0 Å². The number of nitrogens with zero attached hydrogens (tertiary/aromatic N) is 1. The normalized spacial score (nSPS) is 40.9. The molecule has 16 heavy (non-hydrogen) atoms. The molecule has 0 aromatic rings. The molecule has 5 heteroatoms. The zero-order chi connectivity index (χ0) is 11.3. The van der Waals surface area contributed by atoms with Crippen LogP contribution in [0.5, 0.6) is 0 Å². The summed E-state index contributed by atoms with van der Waals surface area (Å²) in [5.41, 5.74) is 5.95. The molecule has 92 valence electrons. The molecule has 1 unspecified atom stereocenters. The van der Waals surface area contributed by atoms with Gasteiger partial charge in [-0.05, 0) is 43.9 Å². The highest BCUT2D eigenvalue weighted by atomic mass is 32.2. The van der Waals surface area contributed by atoms with E-state index >= 15 is 0 Å². The molecule has 0 bridgehead atoms. The lowest BCUT2D eigenvalue weighted by Crippen LogP contribution is -2.33. The van der Waals surface area contributed by atoms with Gasteiger partial charge in [-0.15, -0.1) is 0 Å². The standard InChI is InChI=1S/C11H20N2O2S/c12-10-2-1-8-6-13(7-9(8)5-10)16(14,15)11-3-4-11/h8-11H,1-7,12H2/t8-,9+,10?/m1/s1. The highest BCUT2D eigenvalue weighted by Gasteiger charge is 2.46. The van der Waals surface area contributed by atoms with Gasteiger partial charge in [0.2, 0.25) is 10.0 Å². The van der Waals surface area contributed by atoms with Crippen LogP contribution in [-0.2, 0) is 10.0 Å². The molecule has 2 N–H and O–H groups in total. The molecule has 2 saturated carbocycles. The summed E-state index contributed by atoms with van der Waals surface area (Å²) in [6.45, 7) is 1.49. The SMILES string of the molecule is NC1CC[C@@H]2CN(S(=O)(=O)C3CC3)C[C@@H]2C1. The Labute approximate surface area is 97.2 Å². The molecule has 0 aromatic heterocycles. The summed E-state index contributed by atoms with van der Waals surface area (Å²) >= 11 is 0. The van der Waals surface area contributed by atoms with Crippen molar-refractivity contribution in [2.24, 2.45) is 17.6 Å². The van der Waals surface area contributed by atoms with E-state index < -0.39 is 10.0 Å². The average Bonchev–Trinajstić information content (AvgIpc) is 2.99. The third-order valence-electron chi connectivity index (χ3n) is 4.36. The summed E-state index contributed by atoms with van der Waals surface area (Å²) in [5.74, 6) is 1.10. The fourth-order valence-corrected chi connectivity index (χ4v) is 5.16. The van der Waals surface area contributed by atoms with Crippen LogP contribution in [0.4, 0.5) is 0 Å². The number of nitrogens with two attached hydrogens (primary N) is 1. The maximum Gasteiger partial charge on any atom is 0.216 e. The van der Waals surface area contributed by atoms with E-state index in [1.165, 1.54) is 0 Å². The van der Waals surface area contributed by atoms with Crippen molar-refractivity contribution >= 4 is 10.0 Å². The molecule has 1 aliphatic heterocycles. The molecule has 0 aromatic carbocycles. The third-order valence-corrected chi connectivity index (χ3v) is 6.69. The number of fused-ring (bicyclic) bond motifs is 1. The largest absolute Gasteiger partial charge is 0.328 e. The van der Waals surface area contributed by atoms with Gasteiger partial charge < -0.3 is 5.73 Å². The minimum Gasteiger partial charge on any atom is -0.328 e. The van der Waals surface area contributed by atoms with Gasteiger partial charge in [-0.3, -0.25) is 0 Å². The predicted molar refractivity (Wildman–Crippen MR) is 62.3 cm³/mol. The highest BCUT2D eigenvalue weighted by Crippen LogP contribution is 2.40. The van der Waals surface area contributed by atoms with Crippen molar-refractivity contribution in [2.75, 3.05) is 13.1 Å². The molecule has 1 heterocycles. The Hall–Kier alpha value is -0.130. The molecule has 0 amide bonds. The van der Waals surface area contributed by atoms with Crippen molar-refractivity contribution in [1.29, 1.82) is 0 Å². The minimum absolute atomic E-state index is 0.0543. The van der Waals surface area contributed by atoms with E-state index in [9.17, 15) is 8.42 Å². The van der Waals surface area contributed by atoms with Gasteiger partial charge in [0.05, 0.1) is 5.25 Å². The minimum atomic E-state index is -2.95. The molecule has 0 radical (unpaired) electrons. The van der Waals surface area contributed by atoms with Crippen LogP contribution in [0.2, 0.25) is 0 Å². The Kier molecular flexibility index (Phi) is 2.53. The maximum atomic E-state index is 12.1. The van der Waals surface area contributed by atoms with E-state index in [1.807, 2.05) is 0 Å². The summed E-state index contributed by atoms with van der Waals surface area (Å²) in [7, 11) is -2.95. The Morgan fingerprint density at radius 2 is 1.69 bits per heavy atom. The molecule has 3 atom stereocenters. The molecule has 3 aliphatic rings. The second-order valence-electron chi connectivity index (χ2n) is 5.65. The smallest absolute Gasteiger partial charge is 0.216 e. The second kappa shape index (κ2) is 3.68. The summed E-state index contributed by atoms with van der Waals surface area (Å²) < 4.78 is 26.0. The zero-order valence-corrected chi connectivity index (χ0v) is 10.3. The number of hydrogen-bond donors (Lipinski definition) is 1. The van der Waals surface area contributed by atoms with Crippen molar-refractivity contribution in [3.8, 4) is 0 Å². The van der Waals surface area contributed by atoms with E-state index in [-0.39, 0.29) is 5.25 Å². The van der Waals surface area contributed by atoms with E-state index in [1.54, 1.807) is 4.31 Å². The first-order valence-corrected chi connectivity index (χ1v) is 7.82. The Morgan fingerprint density at radius 1 is 1.00 bits per heavy atom. The maximum absolute atomic E-state index is 12.1. The molecule has 1 saturated heterocycles. The van der Waals surface area contributed by atoms with E-state index in [0.29, 0.717) is 17.9 Å². The zero-order valence-electron chi connectivity index (χ0n) is 9.51. The van der Waals surface area contributed by atoms with Gasteiger partial charge in [0.1, 0.15) is 0 Å². The molecule has 4 nitrogen and oxygen atoms in total. The Bertz CT molecular complexity index is 377. The van der Waals surface area contributed by atoms with E-state index in [4.69, 9.17) is 5.73 Å². The van der Waals surface area contributed by atoms with Crippen molar-refractivity contribution < 1.29 is 8.42 Å². The van der Waals surface area contributed by atoms with E-state index in [0.717, 1.165) is 45.2 Å². The predicted octanol–water partition coefficient (Wildman–Crippen LogP) is 0.538.